The SMILES string of the molecule is CS(=N)(=O)NCC1CCCCC1O. The van der Waals surface area contributed by atoms with Crippen molar-refractivity contribution in [3.05, 3.63) is 0 Å². The number of aliphatic hydroxyl groups excluding tert-OH is 1. The van der Waals surface area contributed by atoms with Crippen LogP contribution in [0.15, 0.2) is 0 Å². The van der Waals surface area contributed by atoms with Gasteiger partial charge in [0.15, 0.2) is 0 Å². The molecule has 0 spiro atoms. The number of aliphatic hydroxyl groups is 1. The zero-order valence-corrected chi connectivity index (χ0v) is 8.77. The lowest BCUT2D eigenvalue weighted by Crippen LogP contribution is -2.35. The Labute approximate surface area is 79.8 Å². The molecule has 13 heavy (non-hydrogen) atoms. The van der Waals surface area contributed by atoms with Crippen molar-refractivity contribution in [2.45, 2.75) is 31.8 Å². The van der Waals surface area contributed by atoms with Gasteiger partial charge in [-0.1, -0.05) is 12.8 Å². The molecule has 3 N–H and O–H groups in total. The molecule has 78 valence electrons. The third-order valence-corrected chi connectivity index (χ3v) is 3.21. The third-order valence-electron chi connectivity index (χ3n) is 2.49. The Balaban J connectivity index is 2.35. The van der Waals surface area contributed by atoms with E-state index in [0.717, 1.165) is 25.7 Å². The number of rotatable bonds is 3. The fraction of sp³-hybridized carbons (Fsp3) is 1.00. The Morgan fingerprint density at radius 3 is 2.69 bits per heavy atom. The van der Waals surface area contributed by atoms with E-state index in [9.17, 15) is 9.32 Å². The Bertz CT molecular complexity index is 251. The number of hydrogen-bond donors (Lipinski definition) is 3. The second-order valence-corrected chi connectivity index (χ2v) is 5.78. The fourth-order valence-corrected chi connectivity index (χ4v) is 2.22. The van der Waals surface area contributed by atoms with Crippen molar-refractivity contribution in [2.24, 2.45) is 5.92 Å². The molecule has 1 aliphatic rings. The van der Waals surface area contributed by atoms with Crippen LogP contribution in [0.25, 0.3) is 0 Å². The van der Waals surface area contributed by atoms with E-state index in [2.05, 4.69) is 4.72 Å². The molecule has 0 aromatic rings. The minimum absolute atomic E-state index is 0.180. The Hall–Kier alpha value is -0.130. The molecule has 0 aliphatic heterocycles. The highest BCUT2D eigenvalue weighted by Crippen LogP contribution is 2.23. The molecule has 0 aromatic heterocycles. The Kier molecular flexibility index (Phi) is 3.70. The van der Waals surface area contributed by atoms with Crippen molar-refractivity contribution in [3.8, 4) is 0 Å². The van der Waals surface area contributed by atoms with Crippen LogP contribution in [0.3, 0.4) is 0 Å². The maximum Gasteiger partial charge on any atom is 0.102 e. The van der Waals surface area contributed by atoms with E-state index >= 15 is 0 Å². The summed E-state index contributed by atoms with van der Waals surface area (Å²) >= 11 is 0. The molecule has 3 atom stereocenters. The van der Waals surface area contributed by atoms with Crippen LogP contribution in [0.1, 0.15) is 25.7 Å². The van der Waals surface area contributed by atoms with Crippen molar-refractivity contribution in [1.29, 1.82) is 4.78 Å². The largest absolute Gasteiger partial charge is 0.393 e. The molecule has 1 rings (SSSR count). The van der Waals surface area contributed by atoms with E-state index < -0.39 is 9.92 Å². The molecule has 3 unspecified atom stereocenters. The van der Waals surface area contributed by atoms with Gasteiger partial charge in [0, 0.05) is 12.8 Å². The minimum atomic E-state index is -2.61. The molecule has 4 nitrogen and oxygen atoms in total. The molecule has 1 aliphatic carbocycles. The van der Waals surface area contributed by atoms with Gasteiger partial charge in [-0.05, 0) is 18.8 Å². The van der Waals surface area contributed by atoms with Crippen molar-refractivity contribution >= 4 is 9.92 Å². The zero-order chi connectivity index (χ0) is 9.90. The smallest absolute Gasteiger partial charge is 0.102 e. The van der Waals surface area contributed by atoms with Gasteiger partial charge in [0.1, 0.15) is 9.92 Å². The highest BCUT2D eigenvalue weighted by atomic mass is 32.2. The van der Waals surface area contributed by atoms with Crippen LogP contribution in [-0.4, -0.2) is 28.2 Å². The van der Waals surface area contributed by atoms with Gasteiger partial charge in [0.25, 0.3) is 0 Å². The first-order valence-electron chi connectivity index (χ1n) is 4.65. The molecule has 0 heterocycles. The van der Waals surface area contributed by atoms with Gasteiger partial charge in [0.05, 0.1) is 6.10 Å². The third kappa shape index (κ3) is 4.06. The fourth-order valence-electron chi connectivity index (χ4n) is 1.69. The van der Waals surface area contributed by atoms with E-state index in [4.69, 9.17) is 4.78 Å². The van der Waals surface area contributed by atoms with Gasteiger partial charge < -0.3 is 5.11 Å². The molecule has 5 heteroatoms. The van der Waals surface area contributed by atoms with Gasteiger partial charge in [-0.15, -0.1) is 0 Å². The summed E-state index contributed by atoms with van der Waals surface area (Å²) < 4.78 is 20.8. The van der Waals surface area contributed by atoms with Crippen LogP contribution in [-0.2, 0) is 9.92 Å². The molecule has 1 fully saturated rings. The van der Waals surface area contributed by atoms with Gasteiger partial charge >= 0.3 is 0 Å². The summed E-state index contributed by atoms with van der Waals surface area (Å²) in [5, 5.41) is 9.57. The first-order valence-corrected chi connectivity index (χ1v) is 6.62. The molecule has 0 bridgehead atoms. The van der Waals surface area contributed by atoms with Crippen LogP contribution < -0.4 is 4.72 Å². The van der Waals surface area contributed by atoms with Crippen LogP contribution >= 0.6 is 0 Å². The van der Waals surface area contributed by atoms with Gasteiger partial charge in [-0.25, -0.2) is 13.7 Å². The maximum absolute atomic E-state index is 11.0. The average molecular weight is 206 g/mol. The predicted octanol–water partition coefficient (Wildman–Crippen LogP) is 0.719. The topological polar surface area (TPSA) is 73.2 Å². The lowest BCUT2D eigenvalue weighted by molar-refractivity contribution is 0.0726. The van der Waals surface area contributed by atoms with Gasteiger partial charge in [0.2, 0.25) is 0 Å². The summed E-state index contributed by atoms with van der Waals surface area (Å²) in [6.07, 6.45) is 5.12. The van der Waals surface area contributed by atoms with Gasteiger partial charge in [-0.2, -0.15) is 0 Å². The number of hydrogen-bond acceptors (Lipinski definition) is 3. The van der Waals surface area contributed by atoms with Crippen molar-refractivity contribution < 1.29 is 9.32 Å². The first-order chi connectivity index (χ1) is 5.99. The van der Waals surface area contributed by atoms with Crippen molar-refractivity contribution in [1.82, 2.24) is 4.72 Å². The van der Waals surface area contributed by atoms with E-state index in [1.807, 2.05) is 0 Å². The Morgan fingerprint density at radius 2 is 2.15 bits per heavy atom. The minimum Gasteiger partial charge on any atom is -0.393 e. The van der Waals surface area contributed by atoms with E-state index in [-0.39, 0.29) is 12.0 Å². The molecular formula is C8H18N2O2S. The summed E-state index contributed by atoms with van der Waals surface area (Å²) in [5.74, 6) is 0.180. The number of nitrogens with one attached hydrogen (secondary N) is 2. The lowest BCUT2D eigenvalue weighted by Gasteiger charge is -2.27. The summed E-state index contributed by atoms with van der Waals surface area (Å²) in [4.78, 5) is 0. The van der Waals surface area contributed by atoms with Crippen molar-refractivity contribution in [2.75, 3.05) is 12.8 Å². The van der Waals surface area contributed by atoms with E-state index in [1.165, 1.54) is 6.26 Å². The zero-order valence-electron chi connectivity index (χ0n) is 7.95. The Morgan fingerprint density at radius 1 is 1.54 bits per heavy atom. The van der Waals surface area contributed by atoms with Crippen LogP contribution in [0.4, 0.5) is 0 Å². The quantitative estimate of drug-likeness (QED) is 0.636. The van der Waals surface area contributed by atoms with E-state index in [0.29, 0.717) is 6.54 Å². The summed E-state index contributed by atoms with van der Waals surface area (Å²) in [7, 11) is -2.61. The molecule has 0 amide bonds. The molecule has 0 saturated heterocycles. The average Bonchev–Trinajstić information content (AvgIpc) is 2.01. The van der Waals surface area contributed by atoms with Crippen molar-refractivity contribution in [3.63, 3.8) is 0 Å². The second-order valence-electron chi connectivity index (χ2n) is 3.80. The van der Waals surface area contributed by atoms with Crippen LogP contribution in [0, 0.1) is 10.7 Å². The molecule has 0 aromatic carbocycles. The van der Waals surface area contributed by atoms with Crippen LogP contribution in [0.5, 0.6) is 0 Å². The maximum atomic E-state index is 11.0. The lowest BCUT2D eigenvalue weighted by atomic mass is 9.87. The highest BCUT2D eigenvalue weighted by molar-refractivity contribution is 7.89. The van der Waals surface area contributed by atoms with Crippen LogP contribution in [0.2, 0.25) is 0 Å². The second kappa shape index (κ2) is 4.39. The highest BCUT2D eigenvalue weighted by Gasteiger charge is 2.22. The normalized spacial score (nSPS) is 34.0. The summed E-state index contributed by atoms with van der Waals surface area (Å²) in [6.45, 7) is 0.500. The molecule has 0 radical (unpaired) electrons. The van der Waals surface area contributed by atoms with Gasteiger partial charge in [-0.3, -0.25) is 0 Å². The molecule has 1 saturated carbocycles. The standard InChI is InChI=1S/C8H18N2O2S/c1-13(9,12)10-6-7-4-2-3-5-8(7)11/h7-8,11H,2-6H2,1H3,(H2,9,10,12). The first kappa shape index (κ1) is 10.9. The summed E-state index contributed by atoms with van der Waals surface area (Å²) in [5.41, 5.74) is 0. The summed E-state index contributed by atoms with van der Waals surface area (Å²) in [6, 6.07) is 0. The predicted molar refractivity (Wildman–Crippen MR) is 52.8 cm³/mol. The molecular weight excluding hydrogens is 188 g/mol. The van der Waals surface area contributed by atoms with E-state index in [1.54, 1.807) is 0 Å². The monoisotopic (exact) mass is 206 g/mol.